The molecule has 0 unspecified atom stereocenters. The van der Waals surface area contributed by atoms with E-state index in [0.29, 0.717) is 0 Å². The maximum atomic E-state index is 10.7. The van der Waals surface area contributed by atoms with E-state index in [1.807, 2.05) is 18.2 Å². The molecule has 3 rings (SSSR count). The van der Waals surface area contributed by atoms with Gasteiger partial charge in [0.2, 0.25) is 0 Å². The minimum atomic E-state index is -0.554. The number of phenolic OH excluding ortho intramolecular Hbond substituents is 1. The molecule has 1 heterocycles. The van der Waals surface area contributed by atoms with Crippen molar-refractivity contribution < 1.29 is 10.0 Å². The first-order valence-electron chi connectivity index (χ1n) is 7.03. The first kappa shape index (κ1) is 16.3. The van der Waals surface area contributed by atoms with Crippen molar-refractivity contribution in [2.75, 3.05) is 5.32 Å². The summed E-state index contributed by atoms with van der Waals surface area (Å²) in [6.07, 6.45) is 2.96. The van der Waals surface area contributed by atoms with Crippen LogP contribution in [0.2, 0.25) is 0 Å². The number of thiocarbonyl (C=S) groups is 1. The zero-order valence-corrected chi connectivity index (χ0v) is 13.4. The van der Waals surface area contributed by atoms with Crippen LogP contribution in [0.5, 0.6) is 5.75 Å². The van der Waals surface area contributed by atoms with Gasteiger partial charge in [-0.2, -0.15) is 10.2 Å². The van der Waals surface area contributed by atoms with Crippen molar-refractivity contribution in [3.63, 3.8) is 0 Å². The molecule has 0 aliphatic heterocycles. The molecule has 3 aromatic rings. The number of anilines is 1. The molecule has 25 heavy (non-hydrogen) atoms. The van der Waals surface area contributed by atoms with Crippen LogP contribution in [0.3, 0.4) is 0 Å². The number of nitro benzene ring substituents is 1. The van der Waals surface area contributed by atoms with Crippen LogP contribution in [0, 0.1) is 10.1 Å². The van der Waals surface area contributed by atoms with Crippen molar-refractivity contribution in [3.05, 3.63) is 58.3 Å². The number of H-pyrrole nitrogens is 1. The molecule has 0 radical (unpaired) electrons. The number of hydrazone groups is 1. The summed E-state index contributed by atoms with van der Waals surface area (Å²) in [7, 11) is 0. The Labute approximate surface area is 146 Å². The summed E-state index contributed by atoms with van der Waals surface area (Å²) in [5, 5.41) is 35.2. The molecule has 0 aliphatic carbocycles. The summed E-state index contributed by atoms with van der Waals surface area (Å²) in [4.78, 5) is 10.2. The third kappa shape index (κ3) is 3.87. The first-order chi connectivity index (χ1) is 12.0. The average molecular weight is 356 g/mol. The number of nitro groups is 1. The molecule has 10 heteroatoms. The lowest BCUT2D eigenvalue weighted by atomic mass is 10.2. The number of nitrogens with zero attached hydrogens (tertiary/aromatic N) is 3. The van der Waals surface area contributed by atoms with E-state index in [4.69, 9.17) is 12.2 Å². The molecule has 1 aromatic heterocycles. The Morgan fingerprint density at radius 2 is 2.20 bits per heavy atom. The van der Waals surface area contributed by atoms with Crippen LogP contribution in [-0.2, 0) is 0 Å². The van der Waals surface area contributed by atoms with Gasteiger partial charge in [0.1, 0.15) is 5.75 Å². The lowest BCUT2D eigenvalue weighted by Crippen LogP contribution is -2.23. The molecule has 0 amide bonds. The van der Waals surface area contributed by atoms with Gasteiger partial charge in [-0.1, -0.05) is 0 Å². The van der Waals surface area contributed by atoms with Gasteiger partial charge in [0.05, 0.1) is 22.9 Å². The zero-order chi connectivity index (χ0) is 17.8. The lowest BCUT2D eigenvalue weighted by Gasteiger charge is -2.07. The van der Waals surface area contributed by atoms with Crippen LogP contribution < -0.4 is 10.7 Å². The highest BCUT2D eigenvalue weighted by atomic mass is 32.1. The second kappa shape index (κ2) is 6.93. The lowest BCUT2D eigenvalue weighted by molar-refractivity contribution is -0.384. The molecule has 0 saturated carbocycles. The quantitative estimate of drug-likeness (QED) is 0.245. The number of aromatic hydroxyl groups is 1. The fourth-order valence-corrected chi connectivity index (χ4v) is 2.26. The van der Waals surface area contributed by atoms with E-state index in [9.17, 15) is 15.2 Å². The van der Waals surface area contributed by atoms with Crippen molar-refractivity contribution in [1.29, 1.82) is 0 Å². The Balaban J connectivity index is 1.64. The molecule has 9 nitrogen and oxygen atoms in total. The summed E-state index contributed by atoms with van der Waals surface area (Å²) in [6, 6.07) is 9.21. The molecule has 2 aromatic carbocycles. The van der Waals surface area contributed by atoms with Gasteiger partial charge in [-0.3, -0.25) is 20.6 Å². The maximum absolute atomic E-state index is 10.7. The van der Waals surface area contributed by atoms with Gasteiger partial charge in [0.25, 0.3) is 5.69 Å². The number of fused-ring (bicyclic) bond motifs is 1. The molecule has 0 saturated heterocycles. The van der Waals surface area contributed by atoms with Crippen molar-refractivity contribution >= 4 is 45.8 Å². The van der Waals surface area contributed by atoms with Gasteiger partial charge in [-0.05, 0) is 36.5 Å². The second-order valence-electron chi connectivity index (χ2n) is 5.00. The minimum Gasteiger partial charge on any atom is -0.507 e. The van der Waals surface area contributed by atoms with E-state index in [-0.39, 0.29) is 22.1 Å². The topological polar surface area (TPSA) is 128 Å². The molecular weight excluding hydrogens is 344 g/mol. The molecule has 4 N–H and O–H groups in total. The van der Waals surface area contributed by atoms with Crippen LogP contribution in [0.15, 0.2) is 47.7 Å². The van der Waals surface area contributed by atoms with Gasteiger partial charge >= 0.3 is 0 Å². The standard InChI is InChI=1S/C15H12N6O3S/c22-14-4-3-12(21(23)24)5-10(14)8-17-20-15(25)18-11-2-1-9-7-16-19-13(9)6-11/h1-8,22H,(H,16,19)(H2,18,20,25)/b17-8-. The molecule has 0 atom stereocenters. The minimum absolute atomic E-state index is 0.125. The summed E-state index contributed by atoms with van der Waals surface area (Å²) in [5.74, 6) is -0.125. The molecule has 0 bridgehead atoms. The fraction of sp³-hybridized carbons (Fsp3) is 0. The molecule has 0 fully saturated rings. The van der Waals surface area contributed by atoms with E-state index in [0.717, 1.165) is 16.6 Å². The van der Waals surface area contributed by atoms with E-state index >= 15 is 0 Å². The molecule has 0 aliphatic rings. The largest absolute Gasteiger partial charge is 0.507 e. The van der Waals surface area contributed by atoms with E-state index in [1.165, 1.54) is 24.4 Å². The van der Waals surface area contributed by atoms with E-state index < -0.39 is 4.92 Å². The van der Waals surface area contributed by atoms with Gasteiger partial charge in [0.15, 0.2) is 5.11 Å². The summed E-state index contributed by atoms with van der Waals surface area (Å²) in [6.45, 7) is 0. The second-order valence-corrected chi connectivity index (χ2v) is 5.40. The van der Waals surface area contributed by atoms with Gasteiger partial charge < -0.3 is 10.4 Å². The monoisotopic (exact) mass is 356 g/mol. The number of nitrogens with one attached hydrogen (secondary N) is 3. The Kier molecular flexibility index (Phi) is 4.53. The number of rotatable bonds is 4. The Bertz CT molecular complexity index is 984. The van der Waals surface area contributed by atoms with E-state index in [1.54, 1.807) is 6.20 Å². The number of phenols is 1. The first-order valence-corrected chi connectivity index (χ1v) is 7.44. The number of benzene rings is 2. The smallest absolute Gasteiger partial charge is 0.270 e. The third-order valence-electron chi connectivity index (χ3n) is 3.29. The molecular formula is C15H12N6O3S. The fourth-order valence-electron chi connectivity index (χ4n) is 2.09. The Morgan fingerprint density at radius 1 is 1.36 bits per heavy atom. The highest BCUT2D eigenvalue weighted by Gasteiger charge is 2.08. The number of hydrogen-bond acceptors (Lipinski definition) is 6. The van der Waals surface area contributed by atoms with Crippen LogP contribution in [0.1, 0.15) is 5.56 Å². The van der Waals surface area contributed by atoms with Gasteiger partial charge in [-0.25, -0.2) is 0 Å². The highest BCUT2D eigenvalue weighted by molar-refractivity contribution is 7.80. The zero-order valence-electron chi connectivity index (χ0n) is 12.6. The van der Waals surface area contributed by atoms with Crippen molar-refractivity contribution in [2.24, 2.45) is 5.10 Å². The highest BCUT2D eigenvalue weighted by Crippen LogP contribution is 2.21. The van der Waals surface area contributed by atoms with Crippen molar-refractivity contribution in [3.8, 4) is 5.75 Å². The van der Waals surface area contributed by atoms with Crippen LogP contribution in [0.4, 0.5) is 11.4 Å². The van der Waals surface area contributed by atoms with Crippen molar-refractivity contribution in [1.82, 2.24) is 15.6 Å². The number of hydrogen-bond donors (Lipinski definition) is 4. The average Bonchev–Trinajstić information content (AvgIpc) is 3.04. The Morgan fingerprint density at radius 3 is 3.00 bits per heavy atom. The molecule has 126 valence electrons. The Hall–Kier alpha value is -3.53. The third-order valence-corrected chi connectivity index (χ3v) is 3.48. The summed E-state index contributed by atoms with van der Waals surface area (Å²) < 4.78 is 0. The number of aromatic nitrogens is 2. The number of non-ortho nitro benzene ring substituents is 1. The molecule has 0 spiro atoms. The predicted octanol–water partition coefficient (Wildman–Crippen LogP) is 2.50. The van der Waals surface area contributed by atoms with Crippen LogP contribution in [0.25, 0.3) is 10.9 Å². The normalized spacial score (nSPS) is 10.9. The predicted molar refractivity (Wildman–Crippen MR) is 97.8 cm³/mol. The van der Waals surface area contributed by atoms with Gasteiger partial charge in [0, 0.05) is 28.8 Å². The van der Waals surface area contributed by atoms with Gasteiger partial charge in [-0.15, -0.1) is 0 Å². The number of aromatic amines is 1. The van der Waals surface area contributed by atoms with Crippen LogP contribution in [-0.4, -0.2) is 31.6 Å². The van der Waals surface area contributed by atoms with Crippen LogP contribution >= 0.6 is 12.2 Å². The maximum Gasteiger partial charge on any atom is 0.270 e. The summed E-state index contributed by atoms with van der Waals surface area (Å²) in [5.41, 5.74) is 4.23. The van der Waals surface area contributed by atoms with E-state index in [2.05, 4.69) is 26.0 Å². The van der Waals surface area contributed by atoms with Crippen molar-refractivity contribution in [2.45, 2.75) is 0 Å². The summed E-state index contributed by atoms with van der Waals surface area (Å²) >= 11 is 5.12. The SMILES string of the molecule is O=[N+]([O-])c1ccc(O)c(/C=N\NC(=S)Nc2ccc3cn[nH]c3c2)c1.